The van der Waals surface area contributed by atoms with E-state index in [1.807, 2.05) is 0 Å². The Kier molecular flexibility index (Phi) is 33.3. The highest BCUT2D eigenvalue weighted by Gasteiger charge is 2.10. The number of carbonyl (C=O) groups excluding carboxylic acids is 2. The Bertz CT molecular complexity index is 1410. The molecule has 344 valence electrons. The van der Waals surface area contributed by atoms with E-state index in [1.54, 1.807) is 24.3 Å². The first-order valence-electron chi connectivity index (χ1n) is 24.9. The maximum Gasteiger partial charge on any atom is 0.311 e. The Labute approximate surface area is 370 Å². The molecule has 0 radical (unpaired) electrons. The molecule has 2 aromatic carbocycles. The van der Waals surface area contributed by atoms with E-state index >= 15 is 0 Å². The average Bonchev–Trinajstić information content (AvgIpc) is 3.54. The van der Waals surface area contributed by atoms with Gasteiger partial charge in [0.15, 0.2) is 11.5 Å². The SMILES string of the molecule is CCCCCCCCCCCCCCCOc1ccc(OC(=O)CCCCCCCC(=O)Oc2ccc(OCCCCCCCCCCCCCCC)ccc2=O)c(=O)cc1. The third-order valence-electron chi connectivity index (χ3n) is 11.3. The summed E-state index contributed by atoms with van der Waals surface area (Å²) in [7, 11) is 0. The van der Waals surface area contributed by atoms with Gasteiger partial charge in [0.05, 0.1) is 13.2 Å². The van der Waals surface area contributed by atoms with Gasteiger partial charge >= 0.3 is 11.9 Å². The van der Waals surface area contributed by atoms with Crippen LogP contribution < -0.4 is 29.8 Å². The van der Waals surface area contributed by atoms with Crippen molar-refractivity contribution >= 4 is 11.9 Å². The van der Waals surface area contributed by atoms with Crippen LogP contribution in [-0.4, -0.2) is 25.2 Å². The van der Waals surface area contributed by atoms with E-state index in [2.05, 4.69) is 13.8 Å². The molecule has 0 spiro atoms. The molecule has 2 aromatic rings. The van der Waals surface area contributed by atoms with Crippen LogP contribution in [0.15, 0.2) is 58.1 Å². The van der Waals surface area contributed by atoms with Crippen LogP contribution in [0.3, 0.4) is 0 Å². The number of ether oxygens (including phenoxy) is 4. The van der Waals surface area contributed by atoms with Crippen molar-refractivity contribution in [3.05, 3.63) is 69.0 Å². The number of esters is 2. The molecule has 0 fully saturated rings. The van der Waals surface area contributed by atoms with Gasteiger partial charge in [-0.05, 0) is 74.2 Å². The van der Waals surface area contributed by atoms with Crippen molar-refractivity contribution in [3.8, 4) is 23.0 Å². The normalized spacial score (nSPS) is 11.0. The van der Waals surface area contributed by atoms with Crippen molar-refractivity contribution in [2.24, 2.45) is 0 Å². The largest absolute Gasteiger partial charge is 0.494 e. The van der Waals surface area contributed by atoms with Crippen molar-refractivity contribution < 1.29 is 28.5 Å². The summed E-state index contributed by atoms with van der Waals surface area (Å²) < 4.78 is 22.5. The lowest BCUT2D eigenvalue weighted by Crippen LogP contribution is -2.13. The lowest BCUT2D eigenvalue weighted by atomic mass is 10.0. The standard InChI is InChI=1S/C53H84O8/c1-3-5-7-9-11-13-15-17-19-21-23-28-32-44-58-46-36-40-48(54)50(42-38-46)60-52(56)34-30-26-25-27-31-35-53(57)61-51-43-39-47(37-41-49(51)55)59-45-33-29-24-22-20-18-16-14-12-10-8-6-4-2/h36-43H,3-35,44-45H2,1-2H3. The summed E-state index contributed by atoms with van der Waals surface area (Å²) in [5.41, 5.74) is -0.725. The van der Waals surface area contributed by atoms with Crippen LogP contribution in [0.4, 0.5) is 0 Å². The molecule has 0 N–H and O–H groups in total. The topological polar surface area (TPSA) is 105 Å². The molecule has 0 aliphatic carbocycles. The molecule has 0 heterocycles. The molecule has 0 unspecified atom stereocenters. The predicted octanol–water partition coefficient (Wildman–Crippen LogP) is 14.6. The Morgan fingerprint density at radius 1 is 0.344 bits per heavy atom. The third-order valence-corrected chi connectivity index (χ3v) is 11.3. The van der Waals surface area contributed by atoms with E-state index in [1.165, 1.54) is 166 Å². The molecule has 0 saturated heterocycles. The monoisotopic (exact) mass is 849 g/mol. The quantitative estimate of drug-likeness (QED) is 0.0482. The maximum atomic E-state index is 12.5. The van der Waals surface area contributed by atoms with Gasteiger partial charge in [-0.2, -0.15) is 0 Å². The second-order valence-electron chi connectivity index (χ2n) is 17.0. The number of hydrogen-bond donors (Lipinski definition) is 0. The fourth-order valence-corrected chi connectivity index (χ4v) is 7.47. The number of hydrogen-bond acceptors (Lipinski definition) is 8. The molecule has 8 nitrogen and oxygen atoms in total. The van der Waals surface area contributed by atoms with Gasteiger partial charge in [-0.3, -0.25) is 19.2 Å². The van der Waals surface area contributed by atoms with Crippen molar-refractivity contribution in [2.75, 3.05) is 13.2 Å². The average molecular weight is 849 g/mol. The molecule has 0 saturated carbocycles. The van der Waals surface area contributed by atoms with Crippen LogP contribution in [0, 0.1) is 0 Å². The van der Waals surface area contributed by atoms with E-state index < -0.39 is 11.9 Å². The fraction of sp³-hybridized carbons (Fsp3) is 0.698. The number of carbonyl (C=O) groups is 2. The predicted molar refractivity (Wildman–Crippen MR) is 251 cm³/mol. The molecular formula is C53H84O8. The summed E-state index contributed by atoms with van der Waals surface area (Å²) >= 11 is 0. The van der Waals surface area contributed by atoms with Crippen molar-refractivity contribution in [2.45, 2.75) is 226 Å². The highest BCUT2D eigenvalue weighted by molar-refractivity contribution is 5.72. The van der Waals surface area contributed by atoms with Gasteiger partial charge in [0.2, 0.25) is 10.9 Å². The summed E-state index contributed by atoms with van der Waals surface area (Å²) in [4.78, 5) is 49.9. The van der Waals surface area contributed by atoms with E-state index in [9.17, 15) is 19.2 Å². The van der Waals surface area contributed by atoms with Gasteiger partial charge < -0.3 is 18.9 Å². The van der Waals surface area contributed by atoms with Crippen molar-refractivity contribution in [3.63, 3.8) is 0 Å². The molecule has 2 rings (SSSR count). The third kappa shape index (κ3) is 30.1. The Morgan fingerprint density at radius 3 is 0.918 bits per heavy atom. The summed E-state index contributed by atoms with van der Waals surface area (Å²) in [6.45, 7) is 5.71. The molecule has 0 aromatic heterocycles. The molecule has 0 amide bonds. The van der Waals surface area contributed by atoms with E-state index in [0.29, 0.717) is 37.6 Å². The molecule has 0 aliphatic heterocycles. The van der Waals surface area contributed by atoms with Crippen LogP contribution in [0.5, 0.6) is 23.0 Å². The smallest absolute Gasteiger partial charge is 0.311 e. The zero-order valence-corrected chi connectivity index (χ0v) is 38.6. The molecule has 0 aliphatic rings. The molecular weight excluding hydrogens is 765 g/mol. The van der Waals surface area contributed by atoms with Crippen molar-refractivity contribution in [1.82, 2.24) is 0 Å². The molecule has 8 heteroatoms. The number of rotatable bonds is 40. The van der Waals surface area contributed by atoms with Gasteiger partial charge in [0.25, 0.3) is 0 Å². The van der Waals surface area contributed by atoms with Gasteiger partial charge in [0.1, 0.15) is 11.5 Å². The first-order valence-corrected chi connectivity index (χ1v) is 24.9. The highest BCUT2D eigenvalue weighted by Crippen LogP contribution is 2.18. The fourth-order valence-electron chi connectivity index (χ4n) is 7.47. The first kappa shape index (κ1) is 53.5. The van der Waals surface area contributed by atoms with E-state index in [-0.39, 0.29) is 35.2 Å². The maximum absolute atomic E-state index is 12.5. The summed E-state index contributed by atoms with van der Waals surface area (Å²) in [5, 5.41) is 0. The van der Waals surface area contributed by atoms with Gasteiger partial charge in [-0.1, -0.05) is 187 Å². The van der Waals surface area contributed by atoms with Crippen LogP contribution >= 0.6 is 0 Å². The summed E-state index contributed by atoms with van der Waals surface area (Å²) in [6, 6.07) is 12.4. The first-order chi connectivity index (χ1) is 29.9. The van der Waals surface area contributed by atoms with Crippen LogP contribution in [-0.2, 0) is 9.59 Å². The van der Waals surface area contributed by atoms with E-state index in [0.717, 1.165) is 44.9 Å². The van der Waals surface area contributed by atoms with Crippen LogP contribution in [0.1, 0.15) is 226 Å². The summed E-state index contributed by atoms with van der Waals surface area (Å²) in [6.07, 6.45) is 37.7. The van der Waals surface area contributed by atoms with Crippen LogP contribution in [0.2, 0.25) is 0 Å². The van der Waals surface area contributed by atoms with E-state index in [4.69, 9.17) is 18.9 Å². The lowest BCUT2D eigenvalue weighted by Gasteiger charge is -2.05. The Balaban J connectivity index is 1.49. The second-order valence-corrected chi connectivity index (χ2v) is 17.0. The van der Waals surface area contributed by atoms with Gasteiger partial charge in [-0.15, -0.1) is 0 Å². The van der Waals surface area contributed by atoms with Gasteiger partial charge in [-0.25, -0.2) is 0 Å². The molecule has 0 bridgehead atoms. The zero-order chi connectivity index (χ0) is 43.9. The lowest BCUT2D eigenvalue weighted by molar-refractivity contribution is -0.135. The Morgan fingerprint density at radius 2 is 0.607 bits per heavy atom. The minimum Gasteiger partial charge on any atom is -0.494 e. The second kappa shape index (κ2) is 38.0. The van der Waals surface area contributed by atoms with Crippen molar-refractivity contribution in [1.29, 1.82) is 0 Å². The summed E-state index contributed by atoms with van der Waals surface area (Å²) in [5.74, 6) is 0.283. The molecule has 0 atom stereocenters. The minimum atomic E-state index is -0.445. The zero-order valence-electron chi connectivity index (χ0n) is 38.6. The molecule has 61 heavy (non-hydrogen) atoms. The Hall–Kier alpha value is -3.68. The number of unbranched alkanes of at least 4 members (excludes halogenated alkanes) is 28. The minimum absolute atomic E-state index is 0.00124. The van der Waals surface area contributed by atoms with Crippen LogP contribution in [0.25, 0.3) is 0 Å². The highest BCUT2D eigenvalue weighted by atomic mass is 16.5. The van der Waals surface area contributed by atoms with Gasteiger partial charge in [0, 0.05) is 12.8 Å².